The lowest BCUT2D eigenvalue weighted by Crippen LogP contribution is -2.23. The summed E-state index contributed by atoms with van der Waals surface area (Å²) in [6.45, 7) is 4.89. The molecule has 25 heavy (non-hydrogen) atoms. The summed E-state index contributed by atoms with van der Waals surface area (Å²) in [6, 6.07) is 11.3. The Balaban J connectivity index is 2.13. The van der Waals surface area contributed by atoms with E-state index in [1.54, 1.807) is 7.11 Å². The summed E-state index contributed by atoms with van der Waals surface area (Å²) in [5.74, 6) is 1.72. The smallest absolute Gasteiger partial charge is 0.311 e. The second-order valence-corrected chi connectivity index (χ2v) is 5.65. The number of carbonyl (C=O) groups excluding carboxylic acids is 1. The van der Waals surface area contributed by atoms with Crippen molar-refractivity contribution in [3.8, 4) is 17.2 Å². The van der Waals surface area contributed by atoms with E-state index in [1.165, 1.54) is 0 Å². The maximum absolute atomic E-state index is 12.2. The highest BCUT2D eigenvalue weighted by Gasteiger charge is 2.31. The lowest BCUT2D eigenvalue weighted by atomic mass is 9.91. The number of methoxy groups -OCH3 is 1. The first-order valence-electron chi connectivity index (χ1n) is 8.42. The molecule has 0 saturated carbocycles. The Hall–Kier alpha value is -2.69. The van der Waals surface area contributed by atoms with Crippen molar-refractivity contribution in [2.45, 2.75) is 26.4 Å². The maximum Gasteiger partial charge on any atom is 0.311 e. The fourth-order valence-electron chi connectivity index (χ4n) is 3.06. The number of esters is 1. The molecule has 132 valence electrons. The molecule has 0 fully saturated rings. The van der Waals surface area contributed by atoms with Crippen molar-refractivity contribution in [2.24, 2.45) is 0 Å². The number of rotatable bonds is 6. The van der Waals surface area contributed by atoms with Crippen LogP contribution in [0.25, 0.3) is 0 Å². The molecule has 0 saturated heterocycles. The van der Waals surface area contributed by atoms with Crippen LogP contribution in [0.3, 0.4) is 0 Å². The van der Waals surface area contributed by atoms with Gasteiger partial charge in [0.1, 0.15) is 5.75 Å². The molecule has 1 aliphatic heterocycles. The zero-order valence-corrected chi connectivity index (χ0v) is 14.7. The Morgan fingerprint density at radius 1 is 1.00 bits per heavy atom. The van der Waals surface area contributed by atoms with Crippen LogP contribution in [0.15, 0.2) is 36.4 Å². The van der Waals surface area contributed by atoms with Crippen LogP contribution in [0.4, 0.5) is 0 Å². The summed E-state index contributed by atoms with van der Waals surface area (Å²) in [6.07, 6.45) is -0.310. The van der Waals surface area contributed by atoms with E-state index < -0.39 is 6.10 Å². The van der Waals surface area contributed by atoms with Crippen molar-refractivity contribution in [3.05, 3.63) is 53.1 Å². The van der Waals surface area contributed by atoms with Gasteiger partial charge >= 0.3 is 5.97 Å². The van der Waals surface area contributed by atoms with Gasteiger partial charge in [-0.05, 0) is 37.6 Å². The van der Waals surface area contributed by atoms with E-state index >= 15 is 0 Å². The first-order valence-corrected chi connectivity index (χ1v) is 8.42. The second kappa shape index (κ2) is 7.47. The highest BCUT2D eigenvalue weighted by atomic mass is 16.5. The van der Waals surface area contributed by atoms with Crippen molar-refractivity contribution in [2.75, 3.05) is 20.3 Å². The molecule has 3 rings (SSSR count). The molecular formula is C20H22O5. The third kappa shape index (κ3) is 3.40. The molecule has 5 heteroatoms. The Kier molecular flexibility index (Phi) is 5.12. The van der Waals surface area contributed by atoms with Gasteiger partial charge in [-0.1, -0.05) is 18.2 Å². The van der Waals surface area contributed by atoms with Crippen LogP contribution in [0.5, 0.6) is 17.2 Å². The summed E-state index contributed by atoms with van der Waals surface area (Å²) in [5, 5.41) is 0. The second-order valence-electron chi connectivity index (χ2n) is 5.65. The minimum Gasteiger partial charge on any atom is -0.496 e. The third-order valence-corrected chi connectivity index (χ3v) is 4.09. The summed E-state index contributed by atoms with van der Waals surface area (Å²) >= 11 is 0. The third-order valence-electron chi connectivity index (χ3n) is 4.09. The predicted molar refractivity (Wildman–Crippen MR) is 93.4 cm³/mol. The van der Waals surface area contributed by atoms with Crippen LogP contribution in [-0.2, 0) is 16.0 Å². The normalized spacial score (nSPS) is 16.0. The summed E-state index contributed by atoms with van der Waals surface area (Å²) in [4.78, 5) is 12.2. The number of hydrogen-bond acceptors (Lipinski definition) is 5. The van der Waals surface area contributed by atoms with Crippen molar-refractivity contribution in [1.29, 1.82) is 0 Å². The molecule has 2 aromatic rings. The molecule has 0 aliphatic carbocycles. The van der Waals surface area contributed by atoms with Crippen LogP contribution in [-0.4, -0.2) is 26.3 Å². The van der Waals surface area contributed by atoms with Gasteiger partial charge in [-0.2, -0.15) is 0 Å². The van der Waals surface area contributed by atoms with Gasteiger partial charge in [-0.3, -0.25) is 4.79 Å². The largest absolute Gasteiger partial charge is 0.496 e. The van der Waals surface area contributed by atoms with Gasteiger partial charge in [0.25, 0.3) is 0 Å². The summed E-state index contributed by atoms with van der Waals surface area (Å²) in [7, 11) is 1.61. The van der Waals surface area contributed by atoms with Crippen LogP contribution < -0.4 is 14.2 Å². The standard InChI is InChI=1S/C20H22O5/c1-4-23-17-10-13-11-19(21)25-20(15(13)12-18(17)24-5-2)14-8-6-7-9-16(14)22-3/h6-10,12,20H,4-5,11H2,1-3H3/t20-/m1/s1. The molecule has 0 bridgehead atoms. The summed E-state index contributed by atoms with van der Waals surface area (Å²) < 4.78 is 22.5. The molecule has 0 spiro atoms. The van der Waals surface area contributed by atoms with Crippen molar-refractivity contribution in [3.63, 3.8) is 0 Å². The molecule has 2 aromatic carbocycles. The summed E-state index contributed by atoms with van der Waals surface area (Å²) in [5.41, 5.74) is 2.60. The SMILES string of the molecule is CCOc1cc2c(cc1OCC)[C@@H](c1ccccc1OC)OC(=O)C2. The number of carbonyl (C=O) groups is 1. The molecule has 0 radical (unpaired) electrons. The van der Waals surface area contributed by atoms with E-state index in [1.807, 2.05) is 50.2 Å². The molecule has 1 atom stereocenters. The van der Waals surface area contributed by atoms with E-state index in [0.717, 1.165) is 16.7 Å². The molecule has 1 heterocycles. The number of ether oxygens (including phenoxy) is 4. The molecule has 0 N–H and O–H groups in total. The van der Waals surface area contributed by atoms with Gasteiger partial charge in [-0.15, -0.1) is 0 Å². The van der Waals surface area contributed by atoms with Crippen molar-refractivity contribution < 1.29 is 23.7 Å². The monoisotopic (exact) mass is 342 g/mol. The van der Waals surface area contributed by atoms with Crippen LogP contribution in [0, 0.1) is 0 Å². The zero-order valence-electron chi connectivity index (χ0n) is 14.7. The zero-order chi connectivity index (χ0) is 17.8. The van der Waals surface area contributed by atoms with Crippen LogP contribution >= 0.6 is 0 Å². The Morgan fingerprint density at radius 2 is 1.68 bits per heavy atom. The van der Waals surface area contributed by atoms with E-state index in [2.05, 4.69) is 0 Å². The van der Waals surface area contributed by atoms with Crippen LogP contribution in [0.2, 0.25) is 0 Å². The Labute approximate surface area is 147 Å². The van der Waals surface area contributed by atoms with Gasteiger partial charge in [0.15, 0.2) is 17.6 Å². The molecule has 0 aromatic heterocycles. The fraction of sp³-hybridized carbons (Fsp3) is 0.350. The number of benzene rings is 2. The van der Waals surface area contributed by atoms with Gasteiger partial charge < -0.3 is 18.9 Å². The topological polar surface area (TPSA) is 54.0 Å². The highest BCUT2D eigenvalue weighted by Crippen LogP contribution is 2.42. The first-order chi connectivity index (χ1) is 12.2. The van der Waals surface area contributed by atoms with E-state index in [9.17, 15) is 4.79 Å². The fourth-order valence-corrected chi connectivity index (χ4v) is 3.06. The quantitative estimate of drug-likeness (QED) is 0.750. The van der Waals surface area contributed by atoms with Gasteiger partial charge in [0.05, 0.1) is 26.7 Å². The Morgan fingerprint density at radius 3 is 2.36 bits per heavy atom. The van der Waals surface area contributed by atoms with Gasteiger partial charge in [0, 0.05) is 11.1 Å². The lowest BCUT2D eigenvalue weighted by molar-refractivity contribution is -0.148. The number of para-hydroxylation sites is 1. The molecule has 0 unspecified atom stereocenters. The number of fused-ring (bicyclic) bond motifs is 1. The van der Waals surface area contributed by atoms with E-state index in [0.29, 0.717) is 30.5 Å². The van der Waals surface area contributed by atoms with E-state index in [4.69, 9.17) is 18.9 Å². The highest BCUT2D eigenvalue weighted by molar-refractivity contribution is 5.77. The van der Waals surface area contributed by atoms with Crippen molar-refractivity contribution in [1.82, 2.24) is 0 Å². The maximum atomic E-state index is 12.2. The van der Waals surface area contributed by atoms with Gasteiger partial charge in [-0.25, -0.2) is 0 Å². The first kappa shape index (κ1) is 17.1. The number of cyclic esters (lactones) is 1. The molecular weight excluding hydrogens is 320 g/mol. The molecule has 0 amide bonds. The lowest BCUT2D eigenvalue weighted by Gasteiger charge is -2.28. The minimum atomic E-state index is -0.526. The average molecular weight is 342 g/mol. The van der Waals surface area contributed by atoms with Gasteiger partial charge in [0.2, 0.25) is 0 Å². The average Bonchev–Trinajstić information content (AvgIpc) is 2.62. The number of hydrogen-bond donors (Lipinski definition) is 0. The predicted octanol–water partition coefficient (Wildman–Crippen LogP) is 3.68. The van der Waals surface area contributed by atoms with Crippen molar-refractivity contribution >= 4 is 5.97 Å². The Bertz CT molecular complexity index is 769. The van der Waals surface area contributed by atoms with E-state index in [-0.39, 0.29) is 12.4 Å². The minimum absolute atomic E-state index is 0.216. The van der Waals surface area contributed by atoms with Crippen LogP contribution in [0.1, 0.15) is 36.6 Å². The molecule has 1 aliphatic rings. The molecule has 5 nitrogen and oxygen atoms in total.